The number of imidazole rings is 1. The summed E-state index contributed by atoms with van der Waals surface area (Å²) in [6.07, 6.45) is 5.88. The molecular formula is C11H10ClN3O2. The zero-order chi connectivity index (χ0) is 12.0. The van der Waals surface area contributed by atoms with Gasteiger partial charge in [0.1, 0.15) is 11.3 Å². The van der Waals surface area contributed by atoms with E-state index in [1.807, 2.05) is 4.40 Å². The molecule has 3 rings (SSSR count). The van der Waals surface area contributed by atoms with Crippen LogP contribution in [0.2, 0.25) is 5.15 Å². The van der Waals surface area contributed by atoms with Crippen molar-refractivity contribution in [3.63, 3.8) is 0 Å². The summed E-state index contributed by atoms with van der Waals surface area (Å²) in [4.78, 5) is 19.7. The topological polar surface area (TPSA) is 56.5 Å². The Hall–Kier alpha value is -1.62. The highest BCUT2D eigenvalue weighted by atomic mass is 35.5. The van der Waals surface area contributed by atoms with Gasteiger partial charge in [0.05, 0.1) is 19.2 Å². The van der Waals surface area contributed by atoms with Gasteiger partial charge in [-0.2, -0.15) is 0 Å². The fraction of sp³-hybridized carbons (Fsp3) is 0.364. The summed E-state index contributed by atoms with van der Waals surface area (Å²) in [5, 5.41) is 0.418. The molecule has 0 aromatic carbocycles. The lowest BCUT2D eigenvalue weighted by molar-refractivity contribution is -0.142. The molecule has 0 saturated heterocycles. The highest BCUT2D eigenvalue weighted by Gasteiger charge is 2.47. The zero-order valence-electron chi connectivity index (χ0n) is 9.13. The smallest absolute Gasteiger partial charge is 0.309 e. The predicted octanol–water partition coefficient (Wildman–Crippen LogP) is 1.66. The Bertz CT molecular complexity index is 595. The molecule has 0 spiro atoms. The summed E-state index contributed by atoms with van der Waals surface area (Å²) in [6, 6.07) is 0. The van der Waals surface area contributed by atoms with Gasteiger partial charge >= 0.3 is 5.97 Å². The van der Waals surface area contributed by atoms with Crippen molar-refractivity contribution in [2.24, 2.45) is 5.92 Å². The number of aromatic nitrogens is 3. The van der Waals surface area contributed by atoms with Crippen LogP contribution in [0, 0.1) is 5.92 Å². The van der Waals surface area contributed by atoms with Crippen LogP contribution in [0.3, 0.4) is 0 Å². The maximum Gasteiger partial charge on any atom is 0.309 e. The van der Waals surface area contributed by atoms with E-state index in [1.54, 1.807) is 18.6 Å². The van der Waals surface area contributed by atoms with E-state index in [0.717, 1.165) is 17.8 Å². The molecule has 1 fully saturated rings. The van der Waals surface area contributed by atoms with E-state index in [4.69, 9.17) is 16.3 Å². The van der Waals surface area contributed by atoms with E-state index in [0.29, 0.717) is 5.15 Å². The maximum atomic E-state index is 11.4. The molecule has 17 heavy (non-hydrogen) atoms. The molecule has 1 saturated carbocycles. The van der Waals surface area contributed by atoms with Crippen molar-refractivity contribution in [2.45, 2.75) is 12.3 Å². The largest absolute Gasteiger partial charge is 0.469 e. The van der Waals surface area contributed by atoms with Gasteiger partial charge < -0.3 is 4.74 Å². The normalized spacial score (nSPS) is 22.7. The second-order valence-electron chi connectivity index (χ2n) is 4.06. The molecular weight excluding hydrogens is 242 g/mol. The zero-order valence-corrected chi connectivity index (χ0v) is 9.89. The fourth-order valence-corrected chi connectivity index (χ4v) is 2.28. The third-order valence-corrected chi connectivity index (χ3v) is 3.36. The van der Waals surface area contributed by atoms with E-state index in [1.165, 1.54) is 7.11 Å². The SMILES string of the molecule is COC(=O)[C@@H]1C[C@@H]1c1ncc2c(Cl)nccn12. The number of rotatable bonds is 2. The van der Waals surface area contributed by atoms with Gasteiger partial charge in [-0.05, 0) is 6.42 Å². The third kappa shape index (κ3) is 1.58. The van der Waals surface area contributed by atoms with Crippen LogP contribution in [0.15, 0.2) is 18.6 Å². The molecule has 0 radical (unpaired) electrons. The Labute approximate surface area is 102 Å². The molecule has 0 amide bonds. The highest BCUT2D eigenvalue weighted by Crippen LogP contribution is 2.47. The number of carbonyl (C=O) groups excluding carboxylic acids is 1. The van der Waals surface area contributed by atoms with Crippen LogP contribution in [-0.4, -0.2) is 27.4 Å². The summed E-state index contributed by atoms with van der Waals surface area (Å²) in [5.74, 6) is 0.729. The van der Waals surface area contributed by atoms with Gasteiger partial charge in [-0.1, -0.05) is 11.6 Å². The van der Waals surface area contributed by atoms with E-state index in [2.05, 4.69) is 9.97 Å². The summed E-state index contributed by atoms with van der Waals surface area (Å²) < 4.78 is 6.60. The predicted molar refractivity (Wildman–Crippen MR) is 60.9 cm³/mol. The second-order valence-corrected chi connectivity index (χ2v) is 4.42. The number of carbonyl (C=O) groups is 1. The maximum absolute atomic E-state index is 11.4. The van der Waals surface area contributed by atoms with Crippen LogP contribution in [0.5, 0.6) is 0 Å². The molecule has 2 aromatic rings. The number of ether oxygens (including phenoxy) is 1. The van der Waals surface area contributed by atoms with Gasteiger partial charge in [-0.15, -0.1) is 0 Å². The second kappa shape index (κ2) is 3.70. The lowest BCUT2D eigenvalue weighted by atomic mass is 10.3. The Morgan fingerprint density at radius 1 is 1.59 bits per heavy atom. The van der Waals surface area contributed by atoms with Crippen molar-refractivity contribution < 1.29 is 9.53 Å². The third-order valence-electron chi connectivity index (χ3n) is 3.07. The number of fused-ring (bicyclic) bond motifs is 1. The minimum atomic E-state index is -0.174. The van der Waals surface area contributed by atoms with Crippen molar-refractivity contribution >= 4 is 23.1 Å². The molecule has 1 aliphatic carbocycles. The Kier molecular flexibility index (Phi) is 2.29. The number of methoxy groups -OCH3 is 1. The fourth-order valence-electron chi connectivity index (χ4n) is 2.08. The van der Waals surface area contributed by atoms with Crippen molar-refractivity contribution in [1.82, 2.24) is 14.4 Å². The summed E-state index contributed by atoms with van der Waals surface area (Å²) in [7, 11) is 1.40. The van der Waals surface area contributed by atoms with Crippen molar-refractivity contribution in [2.75, 3.05) is 7.11 Å². The first-order valence-corrected chi connectivity index (χ1v) is 5.65. The first-order chi connectivity index (χ1) is 8.22. The average molecular weight is 252 g/mol. The summed E-state index contributed by atoms with van der Waals surface area (Å²) in [5.41, 5.74) is 0.764. The molecule has 0 N–H and O–H groups in total. The molecule has 1 aliphatic rings. The van der Waals surface area contributed by atoms with E-state index in [-0.39, 0.29) is 17.8 Å². The first-order valence-electron chi connectivity index (χ1n) is 5.27. The number of hydrogen-bond acceptors (Lipinski definition) is 4. The van der Waals surface area contributed by atoms with Crippen molar-refractivity contribution in [1.29, 1.82) is 0 Å². The summed E-state index contributed by atoms with van der Waals surface area (Å²) in [6.45, 7) is 0. The standard InChI is InChI=1S/C11H10ClN3O2/c1-17-11(16)7-4-6(7)10-14-5-8-9(12)13-2-3-15(8)10/h2-3,5-7H,4H2,1H3/t6-,7+/m0/s1. The highest BCUT2D eigenvalue weighted by molar-refractivity contribution is 6.32. The lowest BCUT2D eigenvalue weighted by Crippen LogP contribution is -2.05. The van der Waals surface area contributed by atoms with E-state index >= 15 is 0 Å². The van der Waals surface area contributed by atoms with Crippen LogP contribution in [0.1, 0.15) is 18.2 Å². The van der Waals surface area contributed by atoms with Crippen LogP contribution >= 0.6 is 11.6 Å². The van der Waals surface area contributed by atoms with Crippen molar-refractivity contribution in [3.8, 4) is 0 Å². The van der Waals surface area contributed by atoms with Crippen LogP contribution in [-0.2, 0) is 9.53 Å². The molecule has 2 aromatic heterocycles. The van der Waals surface area contributed by atoms with Crippen LogP contribution in [0.4, 0.5) is 0 Å². The van der Waals surface area contributed by atoms with E-state index in [9.17, 15) is 4.79 Å². The van der Waals surface area contributed by atoms with Crippen LogP contribution in [0.25, 0.3) is 5.52 Å². The monoisotopic (exact) mass is 251 g/mol. The number of hydrogen-bond donors (Lipinski definition) is 0. The van der Waals surface area contributed by atoms with Gasteiger partial charge in [0.25, 0.3) is 0 Å². The Morgan fingerprint density at radius 3 is 3.18 bits per heavy atom. The lowest BCUT2D eigenvalue weighted by Gasteiger charge is -2.00. The quantitative estimate of drug-likeness (QED) is 0.762. The van der Waals surface area contributed by atoms with Gasteiger partial charge in [0.2, 0.25) is 0 Å². The van der Waals surface area contributed by atoms with E-state index < -0.39 is 0 Å². The molecule has 0 bridgehead atoms. The molecule has 0 aliphatic heterocycles. The van der Waals surface area contributed by atoms with Gasteiger partial charge in [-0.3, -0.25) is 9.20 Å². The minimum Gasteiger partial charge on any atom is -0.469 e. The Morgan fingerprint density at radius 2 is 2.41 bits per heavy atom. The number of esters is 1. The first kappa shape index (κ1) is 10.5. The number of nitrogens with zero attached hydrogens (tertiary/aromatic N) is 3. The molecule has 2 heterocycles. The Balaban J connectivity index is 1.98. The molecule has 2 atom stereocenters. The number of halogens is 1. The average Bonchev–Trinajstić information content (AvgIpc) is 3.01. The summed E-state index contributed by atoms with van der Waals surface area (Å²) >= 11 is 5.96. The molecule has 0 unspecified atom stereocenters. The van der Waals surface area contributed by atoms with Gasteiger partial charge in [-0.25, -0.2) is 9.97 Å². The van der Waals surface area contributed by atoms with Gasteiger partial charge in [0, 0.05) is 18.3 Å². The molecule has 5 nitrogen and oxygen atoms in total. The van der Waals surface area contributed by atoms with Crippen LogP contribution < -0.4 is 0 Å². The molecule has 88 valence electrons. The molecule has 6 heteroatoms. The van der Waals surface area contributed by atoms with Crippen molar-refractivity contribution in [3.05, 3.63) is 29.6 Å². The van der Waals surface area contributed by atoms with Gasteiger partial charge in [0.15, 0.2) is 5.15 Å². The minimum absolute atomic E-state index is 0.0717.